The van der Waals surface area contributed by atoms with Crippen molar-refractivity contribution in [3.05, 3.63) is 36.0 Å². The lowest BCUT2D eigenvalue weighted by atomic mass is 10.0. The van der Waals surface area contributed by atoms with E-state index in [4.69, 9.17) is 11.5 Å². The van der Waals surface area contributed by atoms with Crippen molar-refractivity contribution in [1.29, 1.82) is 0 Å². The molecule has 208 valence electrons. The molecule has 4 amide bonds. The number of benzene rings is 1. The van der Waals surface area contributed by atoms with Gasteiger partial charge in [0.2, 0.25) is 23.6 Å². The summed E-state index contributed by atoms with van der Waals surface area (Å²) in [5.74, 6) is -4.82. The van der Waals surface area contributed by atoms with Gasteiger partial charge in [-0.2, -0.15) is 0 Å². The Bertz CT molecular complexity index is 1160. The number of rotatable bonds is 14. The molecule has 13 heteroatoms. The number of carbonyl (C=O) groups is 5. The molecule has 0 saturated carbocycles. The monoisotopic (exact) mass is 532 g/mol. The fraction of sp³-hybridized carbons (Fsp3) is 0.480. The van der Waals surface area contributed by atoms with E-state index in [0.29, 0.717) is 5.56 Å². The number of primary amides is 1. The van der Waals surface area contributed by atoms with Gasteiger partial charge in [0.25, 0.3) is 0 Å². The van der Waals surface area contributed by atoms with Crippen LogP contribution < -0.4 is 27.4 Å². The summed E-state index contributed by atoms with van der Waals surface area (Å²) in [5, 5.41) is 27.4. The first-order valence-corrected chi connectivity index (χ1v) is 12.2. The largest absolute Gasteiger partial charge is 0.480 e. The van der Waals surface area contributed by atoms with E-state index >= 15 is 0 Å². The summed E-state index contributed by atoms with van der Waals surface area (Å²) in [6.07, 6.45) is 0.0398. The number of nitrogens with one attached hydrogen (secondary N) is 4. The zero-order valence-corrected chi connectivity index (χ0v) is 21.6. The number of nitrogens with two attached hydrogens (primary N) is 2. The lowest BCUT2D eigenvalue weighted by molar-refractivity contribution is -0.143. The van der Waals surface area contributed by atoms with Crippen molar-refractivity contribution in [1.82, 2.24) is 20.9 Å². The molecule has 0 bridgehead atoms. The standard InChI is InChI=1S/C25H36N6O7/c1-12(2)21(25(37)38)31-22(34)17(8-9-19(26)33)29-23(35)18(30-24(36)20(27)13(3)32)10-14-11-28-16-7-5-4-6-15(14)16/h4-7,11-13,17-18,20-21,28,32H,8-10,27H2,1-3H3,(H2,26,33)(H,29,35)(H,30,36)(H,31,34)(H,37,38). The Labute approximate surface area is 219 Å². The zero-order valence-electron chi connectivity index (χ0n) is 21.6. The number of amides is 4. The maximum atomic E-state index is 13.4. The van der Waals surface area contributed by atoms with Gasteiger partial charge in [0.1, 0.15) is 24.2 Å². The van der Waals surface area contributed by atoms with E-state index in [2.05, 4.69) is 20.9 Å². The van der Waals surface area contributed by atoms with Crippen LogP contribution >= 0.6 is 0 Å². The maximum absolute atomic E-state index is 13.4. The molecule has 1 heterocycles. The number of hydrogen-bond donors (Lipinski definition) is 8. The second kappa shape index (κ2) is 13.5. The minimum atomic E-state index is -1.32. The van der Waals surface area contributed by atoms with Gasteiger partial charge in [0.15, 0.2) is 0 Å². The van der Waals surface area contributed by atoms with Crippen molar-refractivity contribution in [2.75, 3.05) is 0 Å². The van der Waals surface area contributed by atoms with E-state index in [1.807, 2.05) is 24.3 Å². The van der Waals surface area contributed by atoms with Gasteiger partial charge in [-0.15, -0.1) is 0 Å². The lowest BCUT2D eigenvalue weighted by Crippen LogP contribution is -2.59. The summed E-state index contributed by atoms with van der Waals surface area (Å²) >= 11 is 0. The van der Waals surface area contributed by atoms with Gasteiger partial charge in [-0.1, -0.05) is 32.0 Å². The van der Waals surface area contributed by atoms with E-state index < -0.39 is 65.8 Å². The molecule has 0 spiro atoms. The quantitative estimate of drug-likeness (QED) is 0.148. The van der Waals surface area contributed by atoms with E-state index in [9.17, 15) is 34.2 Å². The van der Waals surface area contributed by atoms with Crippen LogP contribution in [0.25, 0.3) is 10.9 Å². The van der Waals surface area contributed by atoms with E-state index in [1.54, 1.807) is 20.0 Å². The highest BCUT2D eigenvalue weighted by Gasteiger charge is 2.32. The number of aliphatic hydroxyl groups is 1. The Kier molecular flexibility index (Phi) is 10.8. The van der Waals surface area contributed by atoms with Gasteiger partial charge in [0, 0.05) is 29.9 Å². The molecule has 0 aliphatic heterocycles. The van der Waals surface area contributed by atoms with E-state index in [0.717, 1.165) is 10.9 Å². The average Bonchev–Trinajstić information content (AvgIpc) is 3.25. The fourth-order valence-corrected chi connectivity index (χ4v) is 3.81. The molecule has 10 N–H and O–H groups in total. The van der Waals surface area contributed by atoms with Crippen LogP contribution in [0.3, 0.4) is 0 Å². The Morgan fingerprint density at radius 3 is 2.13 bits per heavy atom. The number of carboxylic acid groups (broad SMARTS) is 1. The number of fused-ring (bicyclic) bond motifs is 1. The third kappa shape index (κ3) is 8.28. The average molecular weight is 533 g/mol. The summed E-state index contributed by atoms with van der Waals surface area (Å²) in [7, 11) is 0. The molecule has 5 unspecified atom stereocenters. The van der Waals surface area contributed by atoms with Gasteiger partial charge in [-0.3, -0.25) is 19.2 Å². The highest BCUT2D eigenvalue weighted by Crippen LogP contribution is 2.19. The number of aliphatic carboxylic acids is 1. The van der Waals surface area contributed by atoms with Crippen molar-refractivity contribution in [3.63, 3.8) is 0 Å². The van der Waals surface area contributed by atoms with Gasteiger partial charge in [-0.25, -0.2) is 4.79 Å². The molecule has 13 nitrogen and oxygen atoms in total. The van der Waals surface area contributed by atoms with Crippen molar-refractivity contribution in [3.8, 4) is 0 Å². The van der Waals surface area contributed by atoms with E-state index in [1.165, 1.54) is 6.92 Å². The molecule has 0 fully saturated rings. The van der Waals surface area contributed by atoms with Crippen LogP contribution in [-0.4, -0.2) is 75.1 Å². The minimum Gasteiger partial charge on any atom is -0.480 e. The normalized spacial score (nSPS) is 15.2. The highest BCUT2D eigenvalue weighted by atomic mass is 16.4. The lowest BCUT2D eigenvalue weighted by Gasteiger charge is -2.26. The molecule has 5 atom stereocenters. The third-order valence-electron chi connectivity index (χ3n) is 6.10. The summed E-state index contributed by atoms with van der Waals surface area (Å²) in [5.41, 5.74) is 12.5. The Morgan fingerprint density at radius 1 is 0.947 bits per heavy atom. The SMILES string of the molecule is CC(C)C(NC(=O)C(CCC(N)=O)NC(=O)C(Cc1c[nH]c2ccccc12)NC(=O)C(N)C(C)O)C(=O)O. The number of carboxylic acids is 1. The van der Waals surface area contributed by atoms with Crippen LogP contribution in [0.15, 0.2) is 30.5 Å². The molecular formula is C25H36N6O7. The summed E-state index contributed by atoms with van der Waals surface area (Å²) in [4.78, 5) is 65.0. The Morgan fingerprint density at radius 2 is 1.55 bits per heavy atom. The highest BCUT2D eigenvalue weighted by molar-refractivity contribution is 5.95. The van der Waals surface area contributed by atoms with Crippen LogP contribution in [0, 0.1) is 5.92 Å². The van der Waals surface area contributed by atoms with Crippen LogP contribution in [0.5, 0.6) is 0 Å². The number of hydrogen-bond acceptors (Lipinski definition) is 7. The van der Waals surface area contributed by atoms with E-state index in [-0.39, 0.29) is 19.3 Å². The van der Waals surface area contributed by atoms with Crippen molar-refractivity contribution >= 4 is 40.5 Å². The summed E-state index contributed by atoms with van der Waals surface area (Å²) in [6, 6.07) is 2.23. The first kappa shape index (κ1) is 30.3. The van der Waals surface area contributed by atoms with Crippen LogP contribution in [-0.2, 0) is 30.4 Å². The molecular weight excluding hydrogens is 496 g/mol. The molecule has 0 radical (unpaired) electrons. The number of para-hydroxylation sites is 1. The molecule has 2 aromatic rings. The van der Waals surface area contributed by atoms with Crippen LogP contribution in [0.4, 0.5) is 0 Å². The van der Waals surface area contributed by atoms with Crippen molar-refractivity contribution < 1.29 is 34.2 Å². The fourth-order valence-electron chi connectivity index (χ4n) is 3.81. The summed E-state index contributed by atoms with van der Waals surface area (Å²) in [6.45, 7) is 4.54. The second-order valence-corrected chi connectivity index (χ2v) is 9.53. The number of aromatic nitrogens is 1. The zero-order chi connectivity index (χ0) is 28.6. The number of aromatic amines is 1. The number of carbonyl (C=O) groups excluding carboxylic acids is 4. The van der Waals surface area contributed by atoms with Crippen LogP contribution in [0.1, 0.15) is 39.2 Å². The first-order valence-electron chi connectivity index (χ1n) is 12.2. The maximum Gasteiger partial charge on any atom is 0.326 e. The molecule has 38 heavy (non-hydrogen) atoms. The number of aliphatic hydroxyl groups excluding tert-OH is 1. The molecule has 1 aromatic carbocycles. The Balaban J connectivity index is 2.33. The van der Waals surface area contributed by atoms with Crippen molar-refractivity contribution in [2.45, 2.75) is 70.3 Å². The predicted octanol–water partition coefficient (Wildman–Crippen LogP) is -1.12. The van der Waals surface area contributed by atoms with Gasteiger partial charge in [-0.05, 0) is 30.9 Å². The minimum absolute atomic E-state index is 0.00200. The second-order valence-electron chi connectivity index (χ2n) is 9.53. The third-order valence-corrected chi connectivity index (χ3v) is 6.10. The van der Waals surface area contributed by atoms with Gasteiger partial charge >= 0.3 is 5.97 Å². The van der Waals surface area contributed by atoms with Crippen molar-refractivity contribution in [2.24, 2.45) is 17.4 Å². The smallest absolute Gasteiger partial charge is 0.326 e. The molecule has 0 aliphatic carbocycles. The number of H-pyrrole nitrogens is 1. The Hall–Kier alpha value is -3.97. The molecule has 1 aromatic heterocycles. The molecule has 2 rings (SSSR count). The van der Waals surface area contributed by atoms with Gasteiger partial charge < -0.3 is 42.6 Å². The van der Waals surface area contributed by atoms with Gasteiger partial charge in [0.05, 0.1) is 6.10 Å². The summed E-state index contributed by atoms with van der Waals surface area (Å²) < 4.78 is 0. The first-order chi connectivity index (χ1) is 17.8. The van der Waals surface area contributed by atoms with Crippen LogP contribution in [0.2, 0.25) is 0 Å². The predicted molar refractivity (Wildman–Crippen MR) is 138 cm³/mol. The topological polar surface area (TPSA) is 230 Å². The molecule has 0 aliphatic rings. The molecule has 0 saturated heterocycles.